The van der Waals surface area contributed by atoms with Gasteiger partial charge in [0.1, 0.15) is 0 Å². The molecule has 5 heteroatoms. The number of halogens is 1. The zero-order chi connectivity index (χ0) is 11.2. The Labute approximate surface area is 119 Å². The highest BCUT2D eigenvalue weighted by Crippen LogP contribution is 2.17. The summed E-state index contributed by atoms with van der Waals surface area (Å²) in [6.45, 7) is 3.64. The van der Waals surface area contributed by atoms with E-state index in [0.29, 0.717) is 12.6 Å². The molecule has 0 aromatic carbocycles. The van der Waals surface area contributed by atoms with E-state index in [9.17, 15) is 0 Å². The summed E-state index contributed by atoms with van der Waals surface area (Å²) in [5.74, 6) is 0.911. The first-order valence-electron chi connectivity index (χ1n) is 5.94. The molecule has 0 spiro atoms. The van der Waals surface area contributed by atoms with E-state index in [1.54, 1.807) is 12.5 Å². The van der Waals surface area contributed by atoms with E-state index in [-0.39, 0.29) is 24.0 Å². The monoisotopic (exact) mass is 349 g/mol. The number of hydrogen-bond donors (Lipinski definition) is 2. The first-order chi connectivity index (χ1) is 7.88. The fourth-order valence-electron chi connectivity index (χ4n) is 1.62. The molecule has 0 atom stereocenters. The molecule has 0 bridgehead atoms. The molecule has 0 amide bonds. The van der Waals surface area contributed by atoms with Gasteiger partial charge in [-0.2, -0.15) is 0 Å². The molecule has 0 saturated heterocycles. The lowest BCUT2D eigenvalue weighted by molar-refractivity contribution is 0.380. The SMILES string of the molecule is CCNC(=NCc1ccoc1)NC1CCC1.I. The van der Waals surface area contributed by atoms with Crippen molar-refractivity contribution in [2.75, 3.05) is 6.54 Å². The van der Waals surface area contributed by atoms with Crippen molar-refractivity contribution < 1.29 is 4.42 Å². The molecule has 1 fully saturated rings. The van der Waals surface area contributed by atoms with Gasteiger partial charge in [-0.1, -0.05) is 0 Å². The Morgan fingerprint density at radius 2 is 2.35 bits per heavy atom. The van der Waals surface area contributed by atoms with E-state index < -0.39 is 0 Å². The molecule has 1 aromatic heterocycles. The molecule has 4 nitrogen and oxygen atoms in total. The predicted molar refractivity (Wildman–Crippen MR) is 79.7 cm³/mol. The molecule has 1 aliphatic carbocycles. The molecule has 2 rings (SSSR count). The van der Waals surface area contributed by atoms with Crippen molar-refractivity contribution >= 4 is 29.9 Å². The van der Waals surface area contributed by atoms with Crippen LogP contribution in [-0.4, -0.2) is 18.5 Å². The van der Waals surface area contributed by atoms with Crippen molar-refractivity contribution in [3.63, 3.8) is 0 Å². The highest BCUT2D eigenvalue weighted by atomic mass is 127. The first-order valence-corrected chi connectivity index (χ1v) is 5.94. The maximum Gasteiger partial charge on any atom is 0.191 e. The zero-order valence-electron chi connectivity index (χ0n) is 10.1. The van der Waals surface area contributed by atoms with Crippen LogP contribution in [0.25, 0.3) is 0 Å². The molecule has 2 N–H and O–H groups in total. The Hall–Kier alpha value is -0.720. The topological polar surface area (TPSA) is 49.6 Å². The van der Waals surface area contributed by atoms with E-state index in [2.05, 4.69) is 22.5 Å². The Morgan fingerprint density at radius 3 is 2.88 bits per heavy atom. The molecule has 1 aromatic rings. The lowest BCUT2D eigenvalue weighted by Gasteiger charge is -2.28. The van der Waals surface area contributed by atoms with Crippen molar-refractivity contribution in [2.24, 2.45) is 4.99 Å². The van der Waals surface area contributed by atoms with Gasteiger partial charge >= 0.3 is 0 Å². The standard InChI is InChI=1S/C12H19N3O.HI/c1-2-13-12(15-11-4-3-5-11)14-8-10-6-7-16-9-10;/h6-7,9,11H,2-5,8H2,1H3,(H2,13,14,15);1H. The molecule has 0 radical (unpaired) electrons. The maximum absolute atomic E-state index is 5.01. The van der Waals surface area contributed by atoms with Crippen LogP contribution in [0.5, 0.6) is 0 Å². The molecular formula is C12H20IN3O. The number of nitrogens with zero attached hydrogens (tertiary/aromatic N) is 1. The summed E-state index contributed by atoms with van der Waals surface area (Å²) in [7, 11) is 0. The summed E-state index contributed by atoms with van der Waals surface area (Å²) in [6, 6.07) is 2.55. The second-order valence-electron chi connectivity index (χ2n) is 4.10. The summed E-state index contributed by atoms with van der Waals surface area (Å²) in [6.07, 6.45) is 7.26. The number of hydrogen-bond acceptors (Lipinski definition) is 2. The minimum absolute atomic E-state index is 0. The van der Waals surface area contributed by atoms with Gasteiger partial charge in [-0.25, -0.2) is 4.99 Å². The Bertz CT molecular complexity index is 334. The highest BCUT2D eigenvalue weighted by molar-refractivity contribution is 14.0. The first kappa shape index (κ1) is 14.3. The summed E-state index contributed by atoms with van der Waals surface area (Å²) in [5, 5.41) is 6.68. The van der Waals surface area contributed by atoms with Gasteiger partial charge in [0.05, 0.1) is 19.1 Å². The highest BCUT2D eigenvalue weighted by Gasteiger charge is 2.17. The number of guanidine groups is 1. The van der Waals surface area contributed by atoms with Crippen molar-refractivity contribution in [3.05, 3.63) is 24.2 Å². The molecule has 17 heavy (non-hydrogen) atoms. The maximum atomic E-state index is 5.01. The van der Waals surface area contributed by atoms with Crippen LogP contribution < -0.4 is 10.6 Å². The van der Waals surface area contributed by atoms with Gasteiger partial charge in [0.25, 0.3) is 0 Å². The predicted octanol–water partition coefficient (Wildman–Crippen LogP) is 2.51. The average Bonchev–Trinajstić information content (AvgIpc) is 2.72. The van der Waals surface area contributed by atoms with Crippen LogP contribution in [0.1, 0.15) is 31.7 Å². The molecule has 0 unspecified atom stereocenters. The molecule has 1 saturated carbocycles. The second-order valence-corrected chi connectivity index (χ2v) is 4.10. The van der Waals surface area contributed by atoms with Gasteiger partial charge in [-0.15, -0.1) is 24.0 Å². The van der Waals surface area contributed by atoms with Crippen LogP contribution in [0.3, 0.4) is 0 Å². The lowest BCUT2D eigenvalue weighted by Crippen LogP contribution is -2.46. The van der Waals surface area contributed by atoms with Crippen molar-refractivity contribution in [2.45, 2.75) is 38.8 Å². The van der Waals surface area contributed by atoms with E-state index in [0.717, 1.165) is 18.1 Å². The second kappa shape index (κ2) is 7.58. The Morgan fingerprint density at radius 1 is 1.53 bits per heavy atom. The van der Waals surface area contributed by atoms with Crippen LogP contribution in [0.4, 0.5) is 0 Å². The third-order valence-electron chi connectivity index (χ3n) is 2.79. The third-order valence-corrected chi connectivity index (χ3v) is 2.79. The number of nitrogens with one attached hydrogen (secondary N) is 2. The van der Waals surface area contributed by atoms with Gasteiger partial charge in [0.2, 0.25) is 0 Å². The summed E-state index contributed by atoms with van der Waals surface area (Å²) in [5.41, 5.74) is 1.10. The molecule has 96 valence electrons. The molecule has 1 aliphatic rings. The largest absolute Gasteiger partial charge is 0.472 e. The number of furan rings is 1. The quantitative estimate of drug-likeness (QED) is 0.499. The van der Waals surface area contributed by atoms with Crippen molar-refractivity contribution in [1.29, 1.82) is 0 Å². The van der Waals surface area contributed by atoms with Crippen molar-refractivity contribution in [1.82, 2.24) is 10.6 Å². The van der Waals surface area contributed by atoms with E-state index in [1.165, 1.54) is 19.3 Å². The zero-order valence-corrected chi connectivity index (χ0v) is 12.4. The minimum Gasteiger partial charge on any atom is -0.472 e. The van der Waals surface area contributed by atoms with Crippen LogP contribution >= 0.6 is 24.0 Å². The Kier molecular flexibility index (Phi) is 6.39. The van der Waals surface area contributed by atoms with Gasteiger partial charge in [0.15, 0.2) is 5.96 Å². The minimum atomic E-state index is 0. The van der Waals surface area contributed by atoms with Gasteiger partial charge < -0.3 is 15.1 Å². The molecule has 0 aliphatic heterocycles. The number of aliphatic imine (C=N–C) groups is 1. The number of rotatable bonds is 4. The lowest BCUT2D eigenvalue weighted by atomic mass is 9.93. The van der Waals surface area contributed by atoms with Crippen LogP contribution in [0, 0.1) is 0 Å². The summed E-state index contributed by atoms with van der Waals surface area (Å²) < 4.78 is 5.01. The van der Waals surface area contributed by atoms with Gasteiger partial charge in [0, 0.05) is 18.2 Å². The average molecular weight is 349 g/mol. The molecular weight excluding hydrogens is 329 g/mol. The van der Waals surface area contributed by atoms with E-state index >= 15 is 0 Å². The fourth-order valence-corrected chi connectivity index (χ4v) is 1.62. The fraction of sp³-hybridized carbons (Fsp3) is 0.583. The van der Waals surface area contributed by atoms with Gasteiger partial charge in [-0.3, -0.25) is 0 Å². The summed E-state index contributed by atoms with van der Waals surface area (Å²) in [4.78, 5) is 4.51. The van der Waals surface area contributed by atoms with Crippen LogP contribution in [-0.2, 0) is 6.54 Å². The summed E-state index contributed by atoms with van der Waals surface area (Å²) >= 11 is 0. The van der Waals surface area contributed by atoms with E-state index in [4.69, 9.17) is 4.42 Å². The normalized spacial score (nSPS) is 15.9. The molecule has 1 heterocycles. The van der Waals surface area contributed by atoms with Crippen LogP contribution in [0.2, 0.25) is 0 Å². The van der Waals surface area contributed by atoms with Crippen LogP contribution in [0.15, 0.2) is 28.0 Å². The Balaban J connectivity index is 0.00000144. The smallest absolute Gasteiger partial charge is 0.191 e. The van der Waals surface area contributed by atoms with Gasteiger partial charge in [-0.05, 0) is 32.3 Å². The van der Waals surface area contributed by atoms with E-state index in [1.807, 2.05) is 6.07 Å². The third kappa shape index (κ3) is 4.57. The van der Waals surface area contributed by atoms with Crippen molar-refractivity contribution in [3.8, 4) is 0 Å².